The Kier molecular flexibility index (Phi) is 6.19. The maximum absolute atomic E-state index is 13.0. The zero-order chi connectivity index (χ0) is 22.0. The summed E-state index contributed by atoms with van der Waals surface area (Å²) >= 11 is 0. The first-order valence-electron chi connectivity index (χ1n) is 8.32. The lowest BCUT2D eigenvalue weighted by atomic mass is 10.2. The molecule has 5 nitrogen and oxygen atoms in total. The van der Waals surface area contributed by atoms with Gasteiger partial charge in [0, 0.05) is 18.9 Å². The van der Waals surface area contributed by atoms with E-state index in [1.165, 1.54) is 11.9 Å². The third-order valence-electron chi connectivity index (χ3n) is 3.37. The molecule has 0 N–H and O–H groups in total. The predicted molar refractivity (Wildman–Crippen MR) is 93.5 cm³/mol. The van der Waals surface area contributed by atoms with Crippen molar-refractivity contribution >= 4 is 11.6 Å². The van der Waals surface area contributed by atoms with Crippen molar-refractivity contribution in [1.82, 2.24) is 9.97 Å². The molecule has 2 rings (SSSR count). The minimum Gasteiger partial charge on any atom is -0.488 e. The highest BCUT2D eigenvalue weighted by molar-refractivity contribution is 5.58. The highest BCUT2D eigenvalue weighted by atomic mass is 19.4. The molecule has 1 aromatic carbocycles. The molecule has 2 aromatic rings. The lowest BCUT2D eigenvalue weighted by Gasteiger charge is -2.23. The highest BCUT2D eigenvalue weighted by Crippen LogP contribution is 2.36. The third-order valence-corrected chi connectivity index (χ3v) is 3.37. The van der Waals surface area contributed by atoms with Crippen LogP contribution in [-0.4, -0.2) is 35.4 Å². The van der Waals surface area contributed by atoms with Crippen LogP contribution in [0.2, 0.25) is 0 Å². The Bertz CT molecular complexity index is 829. The summed E-state index contributed by atoms with van der Waals surface area (Å²) in [4.78, 5) is 8.46. The van der Waals surface area contributed by atoms with E-state index in [0.717, 1.165) is 0 Å². The van der Waals surface area contributed by atoms with Crippen LogP contribution in [0.3, 0.4) is 0 Å². The van der Waals surface area contributed by atoms with Gasteiger partial charge in [0.2, 0.25) is 11.8 Å². The Labute approximate surface area is 163 Å². The van der Waals surface area contributed by atoms with Crippen molar-refractivity contribution in [3.05, 3.63) is 36.0 Å². The molecular formula is C18H19F6N3O2. The largest absolute Gasteiger partial charge is 0.488 e. The van der Waals surface area contributed by atoms with E-state index in [2.05, 4.69) is 14.7 Å². The van der Waals surface area contributed by atoms with E-state index >= 15 is 0 Å². The van der Waals surface area contributed by atoms with Gasteiger partial charge in [0.25, 0.3) is 0 Å². The van der Waals surface area contributed by atoms with Gasteiger partial charge >= 0.3 is 12.4 Å². The number of hydrogen-bond acceptors (Lipinski definition) is 5. The van der Waals surface area contributed by atoms with Crippen LogP contribution in [0.25, 0.3) is 0 Å². The summed E-state index contributed by atoms with van der Waals surface area (Å²) in [5.41, 5.74) is -1.44. The Hall–Kier alpha value is -2.72. The zero-order valence-electron chi connectivity index (χ0n) is 16.0. The fourth-order valence-corrected chi connectivity index (χ4v) is 2.18. The molecule has 0 saturated carbocycles. The van der Waals surface area contributed by atoms with E-state index in [1.807, 2.05) is 20.8 Å². The molecule has 0 fully saturated rings. The summed E-state index contributed by atoms with van der Waals surface area (Å²) < 4.78 is 86.2. The zero-order valence-corrected chi connectivity index (χ0v) is 16.0. The Morgan fingerprint density at radius 2 is 1.55 bits per heavy atom. The minimum absolute atomic E-state index is 0.264. The SMILES string of the molecule is CN(c1ccc(OC(C)(C)C)cc1)c1ncc(C(F)(F)F)c(OCC(F)(F)F)n1. The van der Waals surface area contributed by atoms with Gasteiger partial charge in [0.1, 0.15) is 16.9 Å². The topological polar surface area (TPSA) is 47.5 Å². The fraction of sp³-hybridized carbons (Fsp3) is 0.444. The lowest BCUT2D eigenvalue weighted by molar-refractivity contribution is -0.159. The Morgan fingerprint density at radius 1 is 0.966 bits per heavy atom. The molecule has 1 heterocycles. The molecule has 160 valence electrons. The molecule has 0 spiro atoms. The second-order valence-electron chi connectivity index (χ2n) is 7.06. The number of hydrogen-bond donors (Lipinski definition) is 0. The smallest absolute Gasteiger partial charge is 0.423 e. The predicted octanol–water partition coefficient (Wildman–Crippen LogP) is 5.38. The van der Waals surface area contributed by atoms with Crippen LogP contribution in [-0.2, 0) is 6.18 Å². The summed E-state index contributed by atoms with van der Waals surface area (Å²) in [6.07, 6.45) is -9.39. The first-order chi connectivity index (χ1) is 13.2. The quantitative estimate of drug-likeness (QED) is 0.605. The maximum Gasteiger partial charge on any atom is 0.423 e. The number of nitrogens with zero attached hydrogens (tertiary/aromatic N) is 3. The molecule has 0 aliphatic heterocycles. The van der Waals surface area contributed by atoms with E-state index in [-0.39, 0.29) is 5.95 Å². The molecule has 0 radical (unpaired) electrons. The van der Waals surface area contributed by atoms with Crippen LogP contribution in [0.4, 0.5) is 38.0 Å². The van der Waals surface area contributed by atoms with Crippen LogP contribution in [0.5, 0.6) is 11.6 Å². The van der Waals surface area contributed by atoms with E-state index in [9.17, 15) is 26.3 Å². The van der Waals surface area contributed by atoms with Crippen molar-refractivity contribution in [3.8, 4) is 11.6 Å². The van der Waals surface area contributed by atoms with Crippen molar-refractivity contribution in [2.45, 2.75) is 38.7 Å². The van der Waals surface area contributed by atoms with Gasteiger partial charge in [-0.15, -0.1) is 0 Å². The van der Waals surface area contributed by atoms with E-state index in [1.54, 1.807) is 24.3 Å². The molecule has 0 unspecified atom stereocenters. The average Bonchev–Trinajstić information content (AvgIpc) is 2.57. The van der Waals surface area contributed by atoms with Gasteiger partial charge in [-0.05, 0) is 45.0 Å². The molecule has 0 atom stereocenters. The number of rotatable bonds is 5. The van der Waals surface area contributed by atoms with Crippen molar-refractivity contribution in [2.75, 3.05) is 18.6 Å². The van der Waals surface area contributed by atoms with Gasteiger partial charge in [0.05, 0.1) is 0 Å². The molecular weight excluding hydrogens is 404 g/mol. The van der Waals surface area contributed by atoms with Crippen LogP contribution < -0.4 is 14.4 Å². The molecule has 29 heavy (non-hydrogen) atoms. The molecule has 0 aliphatic rings. The third kappa shape index (κ3) is 6.68. The van der Waals surface area contributed by atoms with Gasteiger partial charge in [-0.1, -0.05) is 0 Å². The first kappa shape index (κ1) is 22.6. The lowest BCUT2D eigenvalue weighted by Crippen LogP contribution is -2.23. The van der Waals surface area contributed by atoms with Crippen molar-refractivity contribution in [1.29, 1.82) is 0 Å². The number of aromatic nitrogens is 2. The summed E-state index contributed by atoms with van der Waals surface area (Å²) in [7, 11) is 1.45. The van der Waals surface area contributed by atoms with Crippen LogP contribution in [0.1, 0.15) is 26.3 Å². The summed E-state index contributed by atoms with van der Waals surface area (Å²) in [6.45, 7) is 3.69. The van der Waals surface area contributed by atoms with Gasteiger partial charge in [0.15, 0.2) is 6.61 Å². The average molecular weight is 423 g/mol. The number of anilines is 2. The number of alkyl halides is 6. The van der Waals surface area contributed by atoms with Crippen LogP contribution in [0.15, 0.2) is 30.5 Å². The van der Waals surface area contributed by atoms with Crippen molar-refractivity contribution in [2.24, 2.45) is 0 Å². The summed E-state index contributed by atoms with van der Waals surface area (Å²) in [5, 5.41) is 0. The van der Waals surface area contributed by atoms with Gasteiger partial charge in [-0.2, -0.15) is 31.3 Å². The molecule has 11 heteroatoms. The molecule has 0 amide bonds. The minimum atomic E-state index is -4.97. The second kappa shape index (κ2) is 7.96. The first-order valence-corrected chi connectivity index (χ1v) is 8.32. The number of benzene rings is 1. The molecule has 1 aromatic heterocycles. The Balaban J connectivity index is 2.31. The molecule has 0 saturated heterocycles. The standard InChI is InChI=1S/C18H19F6N3O2/c1-16(2,3)29-12-7-5-11(6-8-12)27(4)15-25-9-13(18(22,23)24)14(26-15)28-10-17(19,20)21/h5-9H,10H2,1-4H3. The Morgan fingerprint density at radius 3 is 2.03 bits per heavy atom. The normalized spacial score (nSPS) is 12.6. The molecule has 0 bridgehead atoms. The number of ether oxygens (including phenoxy) is 2. The highest BCUT2D eigenvalue weighted by Gasteiger charge is 2.38. The van der Waals surface area contributed by atoms with Gasteiger partial charge in [-0.25, -0.2) is 4.98 Å². The fourth-order valence-electron chi connectivity index (χ4n) is 2.18. The van der Waals surface area contributed by atoms with E-state index in [0.29, 0.717) is 17.6 Å². The molecule has 0 aliphatic carbocycles. The van der Waals surface area contributed by atoms with Crippen LogP contribution in [0, 0.1) is 0 Å². The van der Waals surface area contributed by atoms with Gasteiger partial charge in [-0.3, -0.25) is 0 Å². The van der Waals surface area contributed by atoms with E-state index in [4.69, 9.17) is 4.74 Å². The summed E-state index contributed by atoms with van der Waals surface area (Å²) in [6, 6.07) is 6.50. The maximum atomic E-state index is 13.0. The van der Waals surface area contributed by atoms with Crippen LogP contribution >= 0.6 is 0 Å². The van der Waals surface area contributed by atoms with Crippen molar-refractivity contribution in [3.63, 3.8) is 0 Å². The van der Waals surface area contributed by atoms with E-state index < -0.39 is 36.0 Å². The second-order valence-corrected chi connectivity index (χ2v) is 7.06. The van der Waals surface area contributed by atoms with Crippen molar-refractivity contribution < 1.29 is 35.8 Å². The monoisotopic (exact) mass is 423 g/mol. The summed E-state index contributed by atoms with van der Waals surface area (Å²) in [5.74, 6) is -0.892. The number of halogens is 6. The van der Waals surface area contributed by atoms with Gasteiger partial charge < -0.3 is 14.4 Å².